The predicted octanol–water partition coefficient (Wildman–Crippen LogP) is 1.16. The number of carbonyl (C=O) groups excluding carboxylic acids is 2. The van der Waals surface area contributed by atoms with Gasteiger partial charge in [-0.25, -0.2) is 4.98 Å². The van der Waals surface area contributed by atoms with Gasteiger partial charge in [0.1, 0.15) is 6.54 Å². The second-order valence-electron chi connectivity index (χ2n) is 6.88. The van der Waals surface area contributed by atoms with Crippen LogP contribution in [0.25, 0.3) is 10.9 Å². The molecule has 26 heavy (non-hydrogen) atoms. The molecule has 0 saturated carbocycles. The van der Waals surface area contributed by atoms with Crippen molar-refractivity contribution in [3.8, 4) is 0 Å². The van der Waals surface area contributed by atoms with Gasteiger partial charge < -0.3 is 10.2 Å². The van der Waals surface area contributed by atoms with Crippen LogP contribution in [-0.2, 0) is 16.1 Å². The zero-order chi connectivity index (χ0) is 18.5. The van der Waals surface area contributed by atoms with E-state index in [0.29, 0.717) is 16.8 Å². The van der Waals surface area contributed by atoms with Crippen LogP contribution in [0.5, 0.6) is 0 Å². The number of para-hydroxylation sites is 1. The number of piperidine rings is 1. The van der Waals surface area contributed by atoms with Crippen LogP contribution >= 0.6 is 0 Å². The molecule has 0 spiro atoms. The van der Waals surface area contributed by atoms with Crippen LogP contribution in [0.2, 0.25) is 0 Å². The summed E-state index contributed by atoms with van der Waals surface area (Å²) in [6.45, 7) is 3.92. The van der Waals surface area contributed by atoms with E-state index in [1.54, 1.807) is 18.2 Å². The van der Waals surface area contributed by atoms with Gasteiger partial charge in [-0.1, -0.05) is 19.1 Å². The minimum absolute atomic E-state index is 0.0707. The van der Waals surface area contributed by atoms with Gasteiger partial charge in [0.25, 0.3) is 5.56 Å². The van der Waals surface area contributed by atoms with E-state index in [4.69, 9.17) is 0 Å². The molecule has 2 heterocycles. The highest BCUT2D eigenvalue weighted by Crippen LogP contribution is 2.15. The summed E-state index contributed by atoms with van der Waals surface area (Å²) in [5, 5.41) is 3.20. The number of hydrogen-bond acceptors (Lipinski definition) is 4. The molecule has 1 aliphatic rings. The Kier molecular flexibility index (Phi) is 5.65. The van der Waals surface area contributed by atoms with E-state index in [-0.39, 0.29) is 36.9 Å². The number of fused-ring (bicyclic) bond motifs is 1. The Balaban J connectivity index is 1.51. The lowest BCUT2D eigenvalue weighted by Crippen LogP contribution is -2.41. The van der Waals surface area contributed by atoms with E-state index >= 15 is 0 Å². The fraction of sp³-hybridized carbons (Fsp3) is 0.474. The highest BCUT2D eigenvalue weighted by molar-refractivity contribution is 5.80. The second kappa shape index (κ2) is 8.12. The monoisotopic (exact) mass is 356 g/mol. The van der Waals surface area contributed by atoms with Crippen LogP contribution in [-0.4, -0.2) is 45.9 Å². The molecule has 0 aliphatic carbocycles. The average molecular weight is 356 g/mol. The first-order chi connectivity index (χ1) is 12.5. The number of nitrogens with zero attached hydrogens (tertiary/aromatic N) is 3. The Morgan fingerprint density at radius 3 is 2.92 bits per heavy atom. The SMILES string of the molecule is C[C@H]1CCCN(C(=O)CCNC(=O)Cn2cnc3ccccc3c2=O)C1. The maximum atomic E-state index is 12.4. The Hall–Kier alpha value is -2.70. The molecular weight excluding hydrogens is 332 g/mol. The molecule has 1 fully saturated rings. The molecule has 7 nitrogen and oxygen atoms in total. The topological polar surface area (TPSA) is 84.3 Å². The fourth-order valence-corrected chi connectivity index (χ4v) is 3.31. The summed E-state index contributed by atoms with van der Waals surface area (Å²) >= 11 is 0. The third-order valence-corrected chi connectivity index (χ3v) is 4.72. The van der Waals surface area contributed by atoms with Crippen LogP contribution in [0.4, 0.5) is 0 Å². The Morgan fingerprint density at radius 2 is 2.12 bits per heavy atom. The van der Waals surface area contributed by atoms with Gasteiger partial charge >= 0.3 is 0 Å². The van der Waals surface area contributed by atoms with Crippen LogP contribution in [0, 0.1) is 5.92 Å². The number of carbonyl (C=O) groups is 2. The molecule has 1 N–H and O–H groups in total. The Bertz CT molecular complexity index is 861. The number of likely N-dealkylation sites (tertiary alicyclic amines) is 1. The minimum atomic E-state index is -0.302. The van der Waals surface area contributed by atoms with Crippen molar-refractivity contribution in [2.45, 2.75) is 32.7 Å². The van der Waals surface area contributed by atoms with Crippen molar-refractivity contribution in [3.05, 3.63) is 40.9 Å². The maximum Gasteiger partial charge on any atom is 0.261 e. The highest BCUT2D eigenvalue weighted by atomic mass is 16.2. The van der Waals surface area contributed by atoms with Crippen LogP contribution in [0.3, 0.4) is 0 Å². The van der Waals surface area contributed by atoms with Crippen molar-refractivity contribution in [1.82, 2.24) is 19.8 Å². The summed E-state index contributed by atoms with van der Waals surface area (Å²) in [7, 11) is 0. The van der Waals surface area contributed by atoms with Crippen LogP contribution in [0.1, 0.15) is 26.2 Å². The van der Waals surface area contributed by atoms with Gasteiger partial charge in [0.2, 0.25) is 11.8 Å². The molecule has 2 aromatic rings. The zero-order valence-corrected chi connectivity index (χ0v) is 15.0. The number of aromatic nitrogens is 2. The fourth-order valence-electron chi connectivity index (χ4n) is 3.31. The first kappa shape index (κ1) is 18.1. The maximum absolute atomic E-state index is 12.4. The summed E-state index contributed by atoms with van der Waals surface area (Å²) in [5.74, 6) is 0.306. The summed E-state index contributed by atoms with van der Waals surface area (Å²) in [6.07, 6.45) is 3.86. The van der Waals surface area contributed by atoms with Crippen molar-refractivity contribution in [3.63, 3.8) is 0 Å². The number of rotatable bonds is 5. The summed E-state index contributed by atoms with van der Waals surface area (Å²) in [4.78, 5) is 42.7. The molecule has 138 valence electrons. The summed E-state index contributed by atoms with van der Waals surface area (Å²) < 4.78 is 1.28. The molecule has 2 amide bonds. The first-order valence-electron chi connectivity index (χ1n) is 9.03. The van der Waals surface area contributed by atoms with Gasteiger partial charge in [0.15, 0.2) is 0 Å². The quantitative estimate of drug-likeness (QED) is 0.871. The smallest absolute Gasteiger partial charge is 0.261 e. The van der Waals surface area contributed by atoms with Gasteiger partial charge in [0.05, 0.1) is 17.2 Å². The molecule has 1 saturated heterocycles. The lowest BCUT2D eigenvalue weighted by atomic mass is 10.00. The van der Waals surface area contributed by atoms with E-state index in [9.17, 15) is 14.4 Å². The number of benzene rings is 1. The van der Waals surface area contributed by atoms with Crippen molar-refractivity contribution >= 4 is 22.7 Å². The van der Waals surface area contributed by atoms with E-state index in [2.05, 4.69) is 17.2 Å². The van der Waals surface area contributed by atoms with Gasteiger partial charge in [-0.15, -0.1) is 0 Å². The molecule has 0 unspecified atom stereocenters. The minimum Gasteiger partial charge on any atom is -0.354 e. The molecule has 3 rings (SSSR count). The Morgan fingerprint density at radius 1 is 1.31 bits per heavy atom. The van der Waals surface area contributed by atoms with E-state index in [0.717, 1.165) is 25.9 Å². The normalized spacial score (nSPS) is 17.3. The third-order valence-electron chi connectivity index (χ3n) is 4.72. The largest absolute Gasteiger partial charge is 0.354 e. The van der Waals surface area contributed by atoms with Gasteiger partial charge in [-0.2, -0.15) is 0 Å². The summed E-state index contributed by atoms with van der Waals surface area (Å²) in [6, 6.07) is 7.03. The second-order valence-corrected chi connectivity index (χ2v) is 6.88. The van der Waals surface area contributed by atoms with Crippen LogP contribution < -0.4 is 10.9 Å². The first-order valence-corrected chi connectivity index (χ1v) is 9.03. The van der Waals surface area contributed by atoms with Crippen LogP contribution in [0.15, 0.2) is 35.4 Å². The summed E-state index contributed by atoms with van der Waals surface area (Å²) in [5.41, 5.74) is 0.361. The number of nitrogens with one attached hydrogen (secondary N) is 1. The standard InChI is InChI=1S/C19H24N4O3/c1-14-5-4-10-22(11-14)18(25)8-9-20-17(24)12-23-13-21-16-7-3-2-6-15(16)19(23)26/h2-3,6-7,13-14H,4-5,8-12H2,1H3,(H,20,24)/t14-/m0/s1. The van der Waals surface area contributed by atoms with E-state index in [1.165, 1.54) is 10.9 Å². The van der Waals surface area contributed by atoms with Crippen molar-refractivity contribution < 1.29 is 9.59 Å². The molecule has 1 aromatic carbocycles. The van der Waals surface area contributed by atoms with E-state index in [1.807, 2.05) is 11.0 Å². The lowest BCUT2D eigenvalue weighted by Gasteiger charge is -2.31. The third kappa shape index (κ3) is 4.28. The molecule has 0 radical (unpaired) electrons. The molecular formula is C19H24N4O3. The molecule has 0 bridgehead atoms. The van der Waals surface area contributed by atoms with Crippen molar-refractivity contribution in [2.75, 3.05) is 19.6 Å². The van der Waals surface area contributed by atoms with Gasteiger partial charge in [-0.05, 0) is 30.9 Å². The molecule has 1 aromatic heterocycles. The lowest BCUT2D eigenvalue weighted by molar-refractivity contribution is -0.132. The van der Waals surface area contributed by atoms with Gasteiger partial charge in [-0.3, -0.25) is 19.0 Å². The van der Waals surface area contributed by atoms with Crippen molar-refractivity contribution in [2.24, 2.45) is 5.92 Å². The van der Waals surface area contributed by atoms with E-state index < -0.39 is 0 Å². The zero-order valence-electron chi connectivity index (χ0n) is 15.0. The highest BCUT2D eigenvalue weighted by Gasteiger charge is 2.20. The molecule has 1 aliphatic heterocycles. The Labute approximate surface area is 152 Å². The molecule has 1 atom stereocenters. The molecule has 7 heteroatoms. The van der Waals surface area contributed by atoms with Gasteiger partial charge in [0, 0.05) is 26.1 Å². The number of amides is 2. The van der Waals surface area contributed by atoms with Crippen molar-refractivity contribution in [1.29, 1.82) is 0 Å². The predicted molar refractivity (Wildman–Crippen MR) is 98.6 cm³/mol. The average Bonchev–Trinajstić information content (AvgIpc) is 2.64. The number of hydrogen-bond donors (Lipinski definition) is 1.